The predicted molar refractivity (Wildman–Crippen MR) is 55.3 cm³/mol. The molecule has 1 aromatic rings. The van der Waals surface area contributed by atoms with Gasteiger partial charge in [0.05, 0.1) is 12.3 Å². The molecule has 2 N–H and O–H groups in total. The van der Waals surface area contributed by atoms with Crippen LogP contribution in [0.5, 0.6) is 0 Å². The van der Waals surface area contributed by atoms with Gasteiger partial charge in [-0.15, -0.1) is 0 Å². The van der Waals surface area contributed by atoms with Gasteiger partial charge < -0.3 is 10.4 Å². The van der Waals surface area contributed by atoms with Gasteiger partial charge in [0.2, 0.25) is 0 Å². The van der Waals surface area contributed by atoms with Gasteiger partial charge in [-0.3, -0.25) is 4.79 Å². The molecule has 0 saturated heterocycles. The van der Waals surface area contributed by atoms with Gasteiger partial charge in [-0.2, -0.15) is 0 Å². The minimum absolute atomic E-state index is 0.210. The summed E-state index contributed by atoms with van der Waals surface area (Å²) >= 11 is 0. The van der Waals surface area contributed by atoms with Crippen molar-refractivity contribution in [2.75, 3.05) is 6.54 Å². The van der Waals surface area contributed by atoms with Crippen LogP contribution < -0.4 is 5.32 Å². The number of carbonyl (C=O) groups excluding carboxylic acids is 1. The van der Waals surface area contributed by atoms with E-state index in [4.69, 9.17) is 5.11 Å². The Bertz CT molecular complexity index is 374. The second-order valence-electron chi connectivity index (χ2n) is 4.06. The number of hydrogen-bond acceptors (Lipinski definition) is 3. The van der Waals surface area contributed by atoms with Crippen LogP contribution in [0.25, 0.3) is 0 Å². The van der Waals surface area contributed by atoms with E-state index in [1.807, 2.05) is 0 Å². The summed E-state index contributed by atoms with van der Waals surface area (Å²) < 4.78 is 12.5. The minimum atomic E-state index is -0.460. The molecule has 1 saturated carbocycles. The van der Waals surface area contributed by atoms with Crippen LogP contribution in [0.3, 0.4) is 0 Å². The van der Waals surface area contributed by atoms with Crippen molar-refractivity contribution < 1.29 is 14.3 Å². The second-order valence-corrected chi connectivity index (χ2v) is 4.06. The molecule has 0 unspecified atom stereocenters. The smallest absolute Gasteiger partial charge is 0.269 e. The number of hydrogen-bond donors (Lipinski definition) is 2. The summed E-state index contributed by atoms with van der Waals surface area (Å²) in [7, 11) is 0. The van der Waals surface area contributed by atoms with E-state index in [9.17, 15) is 9.18 Å². The van der Waals surface area contributed by atoms with Gasteiger partial charge >= 0.3 is 0 Å². The summed E-state index contributed by atoms with van der Waals surface area (Å²) in [6.45, 7) is 0.537. The lowest BCUT2D eigenvalue weighted by Gasteiger charge is -2.31. The van der Waals surface area contributed by atoms with Crippen LogP contribution in [-0.4, -0.2) is 28.6 Å². The van der Waals surface area contributed by atoms with E-state index in [2.05, 4.69) is 10.3 Å². The van der Waals surface area contributed by atoms with Crippen LogP contribution in [-0.2, 0) is 0 Å². The SMILES string of the molecule is O=C(NCC1CC(O)C1)c1ccc(F)cn1. The van der Waals surface area contributed by atoms with Crippen LogP contribution in [0.4, 0.5) is 4.39 Å². The van der Waals surface area contributed by atoms with Gasteiger partial charge in [0.15, 0.2) is 0 Å². The number of rotatable bonds is 3. The summed E-state index contributed by atoms with van der Waals surface area (Å²) in [5.74, 6) is -0.417. The van der Waals surface area contributed by atoms with Crippen molar-refractivity contribution in [3.05, 3.63) is 29.8 Å². The number of nitrogens with zero attached hydrogens (tertiary/aromatic N) is 1. The lowest BCUT2D eigenvalue weighted by molar-refractivity contribution is 0.0419. The number of amides is 1. The summed E-state index contributed by atoms with van der Waals surface area (Å²) in [6, 6.07) is 2.55. The number of nitrogens with one attached hydrogen (secondary N) is 1. The molecule has 0 radical (unpaired) electrons. The topological polar surface area (TPSA) is 62.2 Å². The highest BCUT2D eigenvalue weighted by atomic mass is 19.1. The highest BCUT2D eigenvalue weighted by molar-refractivity contribution is 5.92. The van der Waals surface area contributed by atoms with E-state index in [1.54, 1.807) is 0 Å². The molecule has 0 aromatic carbocycles. The molecular formula is C11H13FN2O2. The Hall–Kier alpha value is -1.49. The lowest BCUT2D eigenvalue weighted by Crippen LogP contribution is -2.38. The molecule has 0 spiro atoms. The summed E-state index contributed by atoms with van der Waals surface area (Å²) in [4.78, 5) is 15.2. The standard InChI is InChI=1S/C11H13FN2O2/c12-8-1-2-10(13-6-8)11(16)14-5-7-3-9(15)4-7/h1-2,6-7,9,15H,3-5H2,(H,14,16). The molecule has 5 heteroatoms. The first kappa shape index (κ1) is 11.0. The van der Waals surface area contributed by atoms with Crippen LogP contribution in [0, 0.1) is 11.7 Å². The zero-order valence-electron chi connectivity index (χ0n) is 8.69. The van der Waals surface area contributed by atoms with Gasteiger partial charge in [-0.1, -0.05) is 0 Å². The number of aliphatic hydroxyl groups excluding tert-OH is 1. The Morgan fingerprint density at radius 1 is 1.56 bits per heavy atom. The number of halogens is 1. The van der Waals surface area contributed by atoms with Crippen LogP contribution >= 0.6 is 0 Å². The first-order valence-corrected chi connectivity index (χ1v) is 5.23. The van der Waals surface area contributed by atoms with Crippen molar-refractivity contribution in [3.8, 4) is 0 Å². The van der Waals surface area contributed by atoms with Crippen LogP contribution in [0.15, 0.2) is 18.3 Å². The average Bonchev–Trinajstić information content (AvgIpc) is 2.23. The summed E-state index contributed by atoms with van der Waals surface area (Å²) in [6.07, 6.45) is 2.27. The molecule has 0 aliphatic heterocycles. The molecule has 1 aliphatic carbocycles. The fraction of sp³-hybridized carbons (Fsp3) is 0.455. The quantitative estimate of drug-likeness (QED) is 0.795. The van der Waals surface area contributed by atoms with Gasteiger partial charge in [-0.05, 0) is 30.9 Å². The average molecular weight is 224 g/mol. The molecule has 2 rings (SSSR count). The van der Waals surface area contributed by atoms with Crippen LogP contribution in [0.1, 0.15) is 23.3 Å². The Balaban J connectivity index is 1.81. The van der Waals surface area contributed by atoms with Crippen molar-refractivity contribution in [1.29, 1.82) is 0 Å². The third kappa shape index (κ3) is 2.55. The zero-order chi connectivity index (χ0) is 11.5. The van der Waals surface area contributed by atoms with E-state index in [0.29, 0.717) is 12.5 Å². The van der Waals surface area contributed by atoms with E-state index in [-0.39, 0.29) is 17.7 Å². The van der Waals surface area contributed by atoms with E-state index in [1.165, 1.54) is 12.1 Å². The first-order valence-electron chi connectivity index (χ1n) is 5.23. The van der Waals surface area contributed by atoms with E-state index < -0.39 is 5.82 Å². The van der Waals surface area contributed by atoms with E-state index in [0.717, 1.165) is 19.0 Å². The second kappa shape index (κ2) is 4.57. The molecule has 0 atom stereocenters. The van der Waals surface area contributed by atoms with Crippen molar-refractivity contribution in [2.45, 2.75) is 18.9 Å². The monoisotopic (exact) mass is 224 g/mol. The van der Waals surface area contributed by atoms with Crippen molar-refractivity contribution >= 4 is 5.91 Å². The molecule has 1 amide bonds. The number of pyridine rings is 1. The molecule has 1 fully saturated rings. The largest absolute Gasteiger partial charge is 0.393 e. The van der Waals surface area contributed by atoms with E-state index >= 15 is 0 Å². The molecule has 0 bridgehead atoms. The molecule has 1 aliphatic rings. The predicted octanol–water partition coefficient (Wildman–Crippen LogP) is 0.721. The molecule has 1 heterocycles. The van der Waals surface area contributed by atoms with Crippen molar-refractivity contribution in [1.82, 2.24) is 10.3 Å². The fourth-order valence-electron chi connectivity index (χ4n) is 1.70. The highest BCUT2D eigenvalue weighted by Gasteiger charge is 2.27. The zero-order valence-corrected chi connectivity index (χ0v) is 8.69. The molecule has 86 valence electrons. The number of aliphatic hydroxyl groups is 1. The number of carbonyl (C=O) groups is 1. The first-order chi connectivity index (χ1) is 7.65. The van der Waals surface area contributed by atoms with Crippen molar-refractivity contribution in [2.24, 2.45) is 5.92 Å². The molecule has 16 heavy (non-hydrogen) atoms. The minimum Gasteiger partial charge on any atom is -0.393 e. The Labute approximate surface area is 92.5 Å². The Morgan fingerprint density at radius 3 is 2.88 bits per heavy atom. The maximum atomic E-state index is 12.5. The third-order valence-electron chi connectivity index (χ3n) is 2.72. The Kier molecular flexibility index (Phi) is 3.14. The molecule has 4 nitrogen and oxygen atoms in total. The maximum Gasteiger partial charge on any atom is 0.269 e. The lowest BCUT2D eigenvalue weighted by atomic mass is 9.82. The molecule has 1 aromatic heterocycles. The fourth-order valence-corrected chi connectivity index (χ4v) is 1.70. The van der Waals surface area contributed by atoms with Gasteiger partial charge in [0.25, 0.3) is 5.91 Å². The summed E-state index contributed by atoms with van der Waals surface area (Å²) in [5, 5.41) is 11.8. The number of aromatic nitrogens is 1. The highest BCUT2D eigenvalue weighted by Crippen LogP contribution is 2.26. The third-order valence-corrected chi connectivity index (χ3v) is 2.72. The Morgan fingerprint density at radius 2 is 2.31 bits per heavy atom. The van der Waals surface area contributed by atoms with Gasteiger partial charge in [0.1, 0.15) is 11.5 Å². The summed E-state index contributed by atoms with van der Waals surface area (Å²) in [5.41, 5.74) is 0.210. The van der Waals surface area contributed by atoms with Gasteiger partial charge in [0, 0.05) is 6.54 Å². The van der Waals surface area contributed by atoms with Crippen molar-refractivity contribution in [3.63, 3.8) is 0 Å². The molecular weight excluding hydrogens is 211 g/mol. The normalized spacial score (nSPS) is 23.6. The van der Waals surface area contributed by atoms with Crippen LogP contribution in [0.2, 0.25) is 0 Å². The van der Waals surface area contributed by atoms with Gasteiger partial charge in [-0.25, -0.2) is 9.37 Å². The maximum absolute atomic E-state index is 12.5.